The molecular formula is C12H15ClFN. The molecule has 0 aromatic heterocycles. The van der Waals surface area contributed by atoms with Gasteiger partial charge in [0.1, 0.15) is 5.82 Å². The highest BCUT2D eigenvalue weighted by molar-refractivity contribution is 6.31. The van der Waals surface area contributed by atoms with Gasteiger partial charge in [0.15, 0.2) is 0 Å². The number of halogens is 2. The molecule has 0 saturated carbocycles. The number of benzene rings is 1. The minimum atomic E-state index is -0.298. The first-order valence-corrected chi connectivity index (χ1v) is 5.27. The van der Waals surface area contributed by atoms with E-state index in [-0.39, 0.29) is 5.82 Å². The minimum Gasteiger partial charge on any atom is -0.316 e. The third-order valence-electron chi connectivity index (χ3n) is 2.34. The molecule has 15 heavy (non-hydrogen) atoms. The van der Waals surface area contributed by atoms with E-state index < -0.39 is 0 Å². The van der Waals surface area contributed by atoms with E-state index in [9.17, 15) is 4.39 Å². The average Bonchev–Trinajstić information content (AvgIpc) is 2.21. The Morgan fingerprint density at radius 2 is 2.33 bits per heavy atom. The van der Waals surface area contributed by atoms with Gasteiger partial charge in [-0.25, -0.2) is 4.39 Å². The summed E-state index contributed by atoms with van der Waals surface area (Å²) in [5.41, 5.74) is 0.958. The fraction of sp³-hybridized carbons (Fsp3) is 0.333. The van der Waals surface area contributed by atoms with Crippen LogP contribution in [-0.2, 0) is 6.42 Å². The summed E-state index contributed by atoms with van der Waals surface area (Å²) in [6.45, 7) is 3.69. The summed E-state index contributed by atoms with van der Waals surface area (Å²) in [6.07, 6.45) is 3.50. The smallest absolute Gasteiger partial charge is 0.124 e. The maximum absolute atomic E-state index is 12.8. The molecule has 0 aliphatic heterocycles. The van der Waals surface area contributed by atoms with E-state index in [1.54, 1.807) is 6.07 Å². The second-order valence-corrected chi connectivity index (χ2v) is 3.86. The fourth-order valence-electron chi connectivity index (χ4n) is 1.46. The summed E-state index contributed by atoms with van der Waals surface area (Å²) in [5.74, 6) is -0.298. The summed E-state index contributed by atoms with van der Waals surface area (Å²) in [5, 5.41) is 3.66. The number of hydrogen-bond donors (Lipinski definition) is 1. The van der Waals surface area contributed by atoms with E-state index in [0.717, 1.165) is 18.4 Å². The van der Waals surface area contributed by atoms with Gasteiger partial charge in [-0.05, 0) is 37.6 Å². The quantitative estimate of drug-likeness (QED) is 0.762. The molecule has 1 rings (SSSR count). The van der Waals surface area contributed by atoms with Gasteiger partial charge in [-0.2, -0.15) is 0 Å². The van der Waals surface area contributed by atoms with E-state index in [1.165, 1.54) is 12.1 Å². The second-order valence-electron chi connectivity index (χ2n) is 3.45. The van der Waals surface area contributed by atoms with Crippen molar-refractivity contribution in [1.82, 2.24) is 5.32 Å². The molecule has 0 spiro atoms. The molecule has 0 aliphatic rings. The normalized spacial score (nSPS) is 12.5. The van der Waals surface area contributed by atoms with Gasteiger partial charge in [-0.1, -0.05) is 23.7 Å². The van der Waals surface area contributed by atoms with Crippen molar-refractivity contribution in [1.29, 1.82) is 0 Å². The lowest BCUT2D eigenvalue weighted by Crippen LogP contribution is -2.26. The number of likely N-dealkylation sites (N-methyl/N-ethyl adjacent to an activating group) is 1. The zero-order chi connectivity index (χ0) is 11.3. The summed E-state index contributed by atoms with van der Waals surface area (Å²) >= 11 is 5.94. The molecule has 0 amide bonds. The SMILES string of the molecule is C=CCC(Cc1ccc(F)cc1Cl)NC. The van der Waals surface area contributed by atoms with Gasteiger partial charge in [-0.15, -0.1) is 6.58 Å². The van der Waals surface area contributed by atoms with Crippen LogP contribution in [0.4, 0.5) is 4.39 Å². The lowest BCUT2D eigenvalue weighted by Gasteiger charge is -2.14. The highest BCUT2D eigenvalue weighted by Crippen LogP contribution is 2.19. The number of hydrogen-bond acceptors (Lipinski definition) is 1. The van der Waals surface area contributed by atoms with Crippen molar-refractivity contribution in [3.05, 3.63) is 47.3 Å². The lowest BCUT2D eigenvalue weighted by atomic mass is 10.0. The zero-order valence-corrected chi connectivity index (χ0v) is 9.52. The molecule has 0 heterocycles. The average molecular weight is 228 g/mol. The zero-order valence-electron chi connectivity index (χ0n) is 8.76. The van der Waals surface area contributed by atoms with Gasteiger partial charge in [0, 0.05) is 11.1 Å². The third kappa shape index (κ3) is 3.65. The van der Waals surface area contributed by atoms with Crippen molar-refractivity contribution < 1.29 is 4.39 Å². The monoisotopic (exact) mass is 227 g/mol. The van der Waals surface area contributed by atoms with Crippen LogP contribution in [0.3, 0.4) is 0 Å². The Labute approximate surface area is 95.0 Å². The van der Waals surface area contributed by atoms with Crippen LogP contribution < -0.4 is 5.32 Å². The van der Waals surface area contributed by atoms with Crippen LogP contribution in [0.15, 0.2) is 30.9 Å². The van der Waals surface area contributed by atoms with E-state index in [4.69, 9.17) is 11.6 Å². The molecule has 0 saturated heterocycles. The number of rotatable bonds is 5. The Morgan fingerprint density at radius 1 is 1.60 bits per heavy atom. The van der Waals surface area contributed by atoms with Crippen LogP contribution in [-0.4, -0.2) is 13.1 Å². The van der Waals surface area contributed by atoms with Crippen LogP contribution in [0.2, 0.25) is 5.02 Å². The van der Waals surface area contributed by atoms with Gasteiger partial charge in [0.2, 0.25) is 0 Å². The van der Waals surface area contributed by atoms with Crippen molar-refractivity contribution >= 4 is 11.6 Å². The Bertz CT molecular complexity index is 338. The molecule has 82 valence electrons. The van der Waals surface area contributed by atoms with Crippen molar-refractivity contribution in [2.75, 3.05) is 7.05 Å². The maximum Gasteiger partial charge on any atom is 0.124 e. The Morgan fingerprint density at radius 3 is 2.87 bits per heavy atom. The Balaban J connectivity index is 2.74. The maximum atomic E-state index is 12.8. The van der Waals surface area contributed by atoms with Gasteiger partial charge in [-0.3, -0.25) is 0 Å². The predicted molar refractivity (Wildman–Crippen MR) is 62.8 cm³/mol. The van der Waals surface area contributed by atoms with Gasteiger partial charge >= 0.3 is 0 Å². The molecule has 1 N–H and O–H groups in total. The molecule has 1 nitrogen and oxygen atoms in total. The molecule has 1 aromatic carbocycles. The van der Waals surface area contributed by atoms with Crippen LogP contribution >= 0.6 is 11.6 Å². The minimum absolute atomic E-state index is 0.297. The standard InChI is InChI=1S/C12H15ClFN/c1-3-4-11(15-2)7-9-5-6-10(14)8-12(9)13/h3,5-6,8,11,15H,1,4,7H2,2H3. The van der Waals surface area contributed by atoms with Crippen molar-refractivity contribution in [3.63, 3.8) is 0 Å². The van der Waals surface area contributed by atoms with E-state index in [2.05, 4.69) is 11.9 Å². The summed E-state index contributed by atoms with van der Waals surface area (Å²) in [7, 11) is 1.89. The van der Waals surface area contributed by atoms with Crippen molar-refractivity contribution in [3.8, 4) is 0 Å². The molecule has 0 aliphatic carbocycles. The first-order valence-electron chi connectivity index (χ1n) is 4.89. The lowest BCUT2D eigenvalue weighted by molar-refractivity contribution is 0.565. The second kappa shape index (κ2) is 5.89. The first kappa shape index (κ1) is 12.2. The molecule has 0 radical (unpaired) electrons. The molecule has 1 unspecified atom stereocenters. The Hall–Kier alpha value is -0.860. The molecule has 0 bridgehead atoms. The fourth-order valence-corrected chi connectivity index (χ4v) is 1.70. The summed E-state index contributed by atoms with van der Waals surface area (Å²) in [4.78, 5) is 0. The largest absolute Gasteiger partial charge is 0.316 e. The summed E-state index contributed by atoms with van der Waals surface area (Å²) < 4.78 is 12.8. The number of nitrogens with one attached hydrogen (secondary N) is 1. The topological polar surface area (TPSA) is 12.0 Å². The molecule has 1 aromatic rings. The van der Waals surface area contributed by atoms with Gasteiger partial charge in [0.25, 0.3) is 0 Å². The van der Waals surface area contributed by atoms with Gasteiger partial charge in [0.05, 0.1) is 0 Å². The van der Waals surface area contributed by atoms with Crippen LogP contribution in [0.25, 0.3) is 0 Å². The Kier molecular flexibility index (Phi) is 4.79. The van der Waals surface area contributed by atoms with E-state index >= 15 is 0 Å². The van der Waals surface area contributed by atoms with Gasteiger partial charge < -0.3 is 5.32 Å². The van der Waals surface area contributed by atoms with E-state index in [0.29, 0.717) is 11.1 Å². The first-order chi connectivity index (χ1) is 7.17. The van der Waals surface area contributed by atoms with E-state index in [1.807, 2.05) is 13.1 Å². The highest BCUT2D eigenvalue weighted by Gasteiger charge is 2.08. The van der Waals surface area contributed by atoms with Crippen LogP contribution in [0.5, 0.6) is 0 Å². The predicted octanol–water partition coefficient (Wildman–Crippen LogP) is 3.19. The summed E-state index contributed by atoms with van der Waals surface area (Å²) in [6, 6.07) is 4.80. The van der Waals surface area contributed by atoms with Crippen molar-refractivity contribution in [2.24, 2.45) is 0 Å². The molecule has 1 atom stereocenters. The molecule has 3 heteroatoms. The highest BCUT2D eigenvalue weighted by atomic mass is 35.5. The molecule has 0 fully saturated rings. The van der Waals surface area contributed by atoms with Crippen LogP contribution in [0.1, 0.15) is 12.0 Å². The third-order valence-corrected chi connectivity index (χ3v) is 2.69. The molecular weight excluding hydrogens is 213 g/mol. The van der Waals surface area contributed by atoms with Crippen LogP contribution in [0, 0.1) is 5.82 Å². The van der Waals surface area contributed by atoms with Crippen molar-refractivity contribution in [2.45, 2.75) is 18.9 Å².